The van der Waals surface area contributed by atoms with E-state index in [2.05, 4.69) is 10.3 Å². The van der Waals surface area contributed by atoms with Crippen molar-refractivity contribution < 1.29 is 4.79 Å². The van der Waals surface area contributed by atoms with Gasteiger partial charge < -0.3 is 10.3 Å². The van der Waals surface area contributed by atoms with Gasteiger partial charge in [0.15, 0.2) is 4.77 Å². The van der Waals surface area contributed by atoms with Gasteiger partial charge in [-0.1, -0.05) is 23.2 Å². The Morgan fingerprint density at radius 2 is 1.96 bits per heavy atom. The van der Waals surface area contributed by atoms with E-state index in [1.165, 1.54) is 4.57 Å². The minimum absolute atomic E-state index is 0.183. The lowest BCUT2D eigenvalue weighted by molar-refractivity contribution is 0.102. The second kappa shape index (κ2) is 7.00. The molecule has 1 heterocycles. The number of H-pyrrole nitrogens is 1. The Bertz CT molecular complexity index is 1110. The number of hydrogen-bond acceptors (Lipinski definition) is 3. The van der Waals surface area contributed by atoms with E-state index in [9.17, 15) is 9.59 Å². The maximum Gasteiger partial charge on any atom is 0.262 e. The average Bonchev–Trinajstić information content (AvgIpc) is 2.58. The molecule has 0 aliphatic heterocycles. The van der Waals surface area contributed by atoms with E-state index < -0.39 is 0 Å². The number of carbonyl (C=O) groups is 1. The summed E-state index contributed by atoms with van der Waals surface area (Å²) in [6.45, 7) is 2.32. The zero-order valence-electron chi connectivity index (χ0n) is 13.1. The Kier molecular flexibility index (Phi) is 4.94. The minimum Gasteiger partial charge on any atom is -0.332 e. The third-order valence-electron chi connectivity index (χ3n) is 3.74. The second-order valence-corrected chi connectivity index (χ2v) is 6.52. The molecule has 3 rings (SSSR count). The average molecular weight is 394 g/mol. The lowest BCUT2D eigenvalue weighted by Crippen LogP contribution is -2.21. The van der Waals surface area contributed by atoms with Gasteiger partial charge in [0, 0.05) is 17.8 Å². The molecular weight excluding hydrogens is 381 g/mol. The Morgan fingerprint density at radius 1 is 1.20 bits per heavy atom. The quantitative estimate of drug-likeness (QED) is 0.636. The van der Waals surface area contributed by atoms with Crippen LogP contribution in [-0.4, -0.2) is 15.5 Å². The van der Waals surface area contributed by atoms with Crippen LogP contribution in [0.4, 0.5) is 5.69 Å². The molecule has 0 spiro atoms. The lowest BCUT2D eigenvalue weighted by atomic mass is 10.1. The van der Waals surface area contributed by atoms with Crippen LogP contribution in [0, 0.1) is 4.77 Å². The van der Waals surface area contributed by atoms with Gasteiger partial charge in [-0.05, 0) is 55.5 Å². The van der Waals surface area contributed by atoms with Crippen LogP contribution < -0.4 is 10.9 Å². The number of fused-ring (bicyclic) bond motifs is 1. The van der Waals surface area contributed by atoms with Crippen LogP contribution in [0.3, 0.4) is 0 Å². The molecule has 2 aromatic carbocycles. The van der Waals surface area contributed by atoms with Crippen molar-refractivity contribution in [2.24, 2.45) is 0 Å². The first kappa shape index (κ1) is 17.7. The molecule has 0 aliphatic rings. The van der Waals surface area contributed by atoms with Gasteiger partial charge in [0.25, 0.3) is 11.5 Å². The molecule has 0 fully saturated rings. The van der Waals surface area contributed by atoms with Gasteiger partial charge in [-0.25, -0.2) is 0 Å². The molecule has 1 amide bonds. The number of hydrogen-bond donors (Lipinski definition) is 2. The number of aromatic amines is 1. The third kappa shape index (κ3) is 3.46. The number of aromatic nitrogens is 2. The van der Waals surface area contributed by atoms with Crippen LogP contribution in [-0.2, 0) is 6.54 Å². The van der Waals surface area contributed by atoms with Crippen molar-refractivity contribution in [1.29, 1.82) is 0 Å². The van der Waals surface area contributed by atoms with Crippen LogP contribution in [0.2, 0.25) is 10.0 Å². The molecule has 1 aromatic heterocycles. The lowest BCUT2D eigenvalue weighted by Gasteiger charge is -2.09. The Morgan fingerprint density at radius 3 is 2.64 bits per heavy atom. The predicted octanol–water partition coefficient (Wildman–Crippen LogP) is 4.64. The standard InChI is InChI=1S/C17H13Cl2N3O2S/c1-2-22-16(24)11-5-3-9(7-14(11)21-17(22)25)15(23)20-10-4-6-12(18)13(19)8-10/h3-8H,2H2,1H3,(H,20,23)(H,21,25). The molecule has 2 N–H and O–H groups in total. The van der Waals surface area contributed by atoms with E-state index in [1.54, 1.807) is 36.4 Å². The summed E-state index contributed by atoms with van der Waals surface area (Å²) in [6.07, 6.45) is 0. The fourth-order valence-corrected chi connectivity index (χ4v) is 3.08. The fraction of sp³-hybridized carbons (Fsp3) is 0.118. The molecule has 0 aliphatic carbocycles. The second-order valence-electron chi connectivity index (χ2n) is 5.32. The Hall–Kier alpha value is -2.15. The Balaban J connectivity index is 1.98. The number of amides is 1. The highest BCUT2D eigenvalue weighted by molar-refractivity contribution is 7.71. The van der Waals surface area contributed by atoms with Gasteiger partial charge in [0.2, 0.25) is 0 Å². The van der Waals surface area contributed by atoms with Crippen LogP contribution in [0.5, 0.6) is 0 Å². The van der Waals surface area contributed by atoms with Crippen LogP contribution in [0.15, 0.2) is 41.2 Å². The summed E-state index contributed by atoms with van der Waals surface area (Å²) in [5.41, 5.74) is 1.24. The molecule has 5 nitrogen and oxygen atoms in total. The van der Waals surface area contributed by atoms with Gasteiger partial charge >= 0.3 is 0 Å². The normalized spacial score (nSPS) is 10.8. The first-order valence-electron chi connectivity index (χ1n) is 7.44. The van der Waals surface area contributed by atoms with Crippen LogP contribution in [0.1, 0.15) is 17.3 Å². The fourth-order valence-electron chi connectivity index (χ4n) is 2.46. The van der Waals surface area contributed by atoms with Crippen molar-refractivity contribution in [2.45, 2.75) is 13.5 Å². The molecule has 3 aromatic rings. The number of anilines is 1. The minimum atomic E-state index is -0.334. The van der Waals surface area contributed by atoms with E-state index in [-0.39, 0.29) is 11.5 Å². The molecule has 0 radical (unpaired) electrons. The maximum absolute atomic E-state index is 12.4. The zero-order chi connectivity index (χ0) is 18.1. The number of nitrogens with one attached hydrogen (secondary N) is 2. The van der Waals surface area contributed by atoms with Gasteiger partial charge in [0.05, 0.1) is 20.9 Å². The van der Waals surface area contributed by atoms with Crippen molar-refractivity contribution >= 4 is 57.9 Å². The van der Waals surface area contributed by atoms with Crippen LogP contribution >= 0.6 is 35.4 Å². The van der Waals surface area contributed by atoms with E-state index in [1.807, 2.05) is 6.92 Å². The van der Waals surface area contributed by atoms with E-state index in [4.69, 9.17) is 35.4 Å². The van der Waals surface area contributed by atoms with Crippen molar-refractivity contribution in [3.8, 4) is 0 Å². The van der Waals surface area contributed by atoms with E-state index in [0.717, 1.165) is 0 Å². The molecular formula is C17H13Cl2N3O2S. The molecule has 128 valence electrons. The summed E-state index contributed by atoms with van der Waals surface area (Å²) in [6, 6.07) is 9.62. The van der Waals surface area contributed by atoms with Gasteiger partial charge in [-0.2, -0.15) is 0 Å². The molecule has 0 unspecified atom stereocenters. The molecule has 0 bridgehead atoms. The molecule has 0 atom stereocenters. The monoisotopic (exact) mass is 393 g/mol. The zero-order valence-corrected chi connectivity index (χ0v) is 15.4. The van der Waals surface area contributed by atoms with E-state index in [0.29, 0.717) is 43.5 Å². The SMILES string of the molecule is CCn1c(=S)[nH]c2cc(C(=O)Nc3ccc(Cl)c(Cl)c3)ccc2c1=O. The van der Waals surface area contributed by atoms with Crippen molar-refractivity contribution in [3.63, 3.8) is 0 Å². The summed E-state index contributed by atoms with van der Waals surface area (Å²) in [5.74, 6) is -0.334. The summed E-state index contributed by atoms with van der Waals surface area (Å²) in [7, 11) is 0. The highest BCUT2D eigenvalue weighted by Gasteiger charge is 2.11. The maximum atomic E-state index is 12.4. The van der Waals surface area contributed by atoms with Crippen LogP contribution in [0.25, 0.3) is 10.9 Å². The van der Waals surface area contributed by atoms with E-state index >= 15 is 0 Å². The van der Waals surface area contributed by atoms with Crippen molar-refractivity contribution in [3.05, 3.63) is 67.1 Å². The highest BCUT2D eigenvalue weighted by Crippen LogP contribution is 2.25. The molecule has 8 heteroatoms. The summed E-state index contributed by atoms with van der Waals surface area (Å²) in [5, 5.41) is 3.97. The third-order valence-corrected chi connectivity index (χ3v) is 4.80. The molecule has 0 saturated heterocycles. The van der Waals surface area contributed by atoms with Crippen molar-refractivity contribution in [2.75, 3.05) is 5.32 Å². The summed E-state index contributed by atoms with van der Waals surface area (Å²) >= 11 is 17.0. The summed E-state index contributed by atoms with van der Waals surface area (Å²) in [4.78, 5) is 27.8. The molecule has 25 heavy (non-hydrogen) atoms. The summed E-state index contributed by atoms with van der Waals surface area (Å²) < 4.78 is 1.79. The van der Waals surface area contributed by atoms with Gasteiger partial charge in [-0.15, -0.1) is 0 Å². The Labute approximate surface area is 158 Å². The first-order chi connectivity index (χ1) is 11.9. The topological polar surface area (TPSA) is 66.9 Å². The molecule has 0 saturated carbocycles. The number of benzene rings is 2. The number of nitrogens with zero attached hydrogens (tertiary/aromatic N) is 1. The largest absolute Gasteiger partial charge is 0.332 e. The van der Waals surface area contributed by atoms with Gasteiger partial charge in [0.1, 0.15) is 0 Å². The number of rotatable bonds is 3. The smallest absolute Gasteiger partial charge is 0.262 e. The van der Waals surface area contributed by atoms with Crippen molar-refractivity contribution in [1.82, 2.24) is 9.55 Å². The highest BCUT2D eigenvalue weighted by atomic mass is 35.5. The first-order valence-corrected chi connectivity index (χ1v) is 8.60. The number of halogens is 2. The number of carbonyl (C=O) groups excluding carboxylic acids is 1. The predicted molar refractivity (Wildman–Crippen MR) is 103 cm³/mol. The van der Waals surface area contributed by atoms with Gasteiger partial charge in [-0.3, -0.25) is 14.2 Å².